The molecule has 0 bridgehead atoms. The van der Waals surface area contributed by atoms with E-state index in [9.17, 15) is 18.0 Å². The maximum Gasteiger partial charge on any atom is 0.418 e. The molecule has 4 nitrogen and oxygen atoms in total. The first kappa shape index (κ1) is 14.2. The lowest BCUT2D eigenvalue weighted by atomic mass is 9.99. The van der Waals surface area contributed by atoms with Crippen LogP contribution in [0.25, 0.3) is 11.0 Å². The lowest BCUT2D eigenvalue weighted by Gasteiger charge is -2.22. The van der Waals surface area contributed by atoms with Gasteiger partial charge in [-0.2, -0.15) is 13.2 Å². The van der Waals surface area contributed by atoms with Crippen LogP contribution in [-0.2, 0) is 12.7 Å². The van der Waals surface area contributed by atoms with Crippen LogP contribution in [0, 0.1) is 5.92 Å². The summed E-state index contributed by atoms with van der Waals surface area (Å²) in [4.78, 5) is 14.4. The van der Waals surface area contributed by atoms with E-state index in [0.717, 1.165) is 32.0 Å². The molecule has 21 heavy (non-hydrogen) atoms. The first-order chi connectivity index (χ1) is 9.97. The summed E-state index contributed by atoms with van der Waals surface area (Å²) in [6.07, 6.45) is -2.47. The minimum absolute atomic E-state index is 0.126. The molecule has 0 saturated carbocycles. The molecule has 1 aromatic carbocycles. The fourth-order valence-corrected chi connectivity index (χ4v) is 2.94. The zero-order chi connectivity index (χ0) is 15.0. The van der Waals surface area contributed by atoms with E-state index in [-0.39, 0.29) is 11.4 Å². The number of imidazole rings is 1. The number of para-hydroxylation sites is 1. The van der Waals surface area contributed by atoms with E-state index < -0.39 is 17.4 Å². The number of hydrogen-bond donors (Lipinski definition) is 2. The van der Waals surface area contributed by atoms with Crippen LogP contribution in [0.2, 0.25) is 0 Å². The summed E-state index contributed by atoms with van der Waals surface area (Å²) in [5, 5.41) is 3.24. The molecule has 1 saturated heterocycles. The van der Waals surface area contributed by atoms with E-state index in [1.165, 1.54) is 10.6 Å². The fraction of sp³-hybridized carbons (Fsp3) is 0.500. The van der Waals surface area contributed by atoms with Gasteiger partial charge in [0.2, 0.25) is 0 Å². The lowest BCUT2D eigenvalue weighted by molar-refractivity contribution is -0.136. The molecule has 1 atom stereocenters. The smallest absolute Gasteiger partial charge is 0.316 e. The van der Waals surface area contributed by atoms with Crippen LogP contribution in [0.4, 0.5) is 13.2 Å². The van der Waals surface area contributed by atoms with Crippen LogP contribution in [0.5, 0.6) is 0 Å². The van der Waals surface area contributed by atoms with Crippen LogP contribution < -0.4 is 11.0 Å². The Morgan fingerprint density at radius 3 is 2.81 bits per heavy atom. The molecule has 7 heteroatoms. The number of aromatic amines is 1. The Balaban J connectivity index is 2.03. The first-order valence-corrected chi connectivity index (χ1v) is 6.96. The van der Waals surface area contributed by atoms with Crippen LogP contribution in [-0.4, -0.2) is 22.6 Å². The molecule has 0 amide bonds. The highest BCUT2D eigenvalue weighted by Gasteiger charge is 2.33. The Kier molecular flexibility index (Phi) is 3.52. The first-order valence-electron chi connectivity index (χ1n) is 6.96. The van der Waals surface area contributed by atoms with Gasteiger partial charge in [0.25, 0.3) is 0 Å². The van der Waals surface area contributed by atoms with Crippen molar-refractivity contribution >= 4 is 11.0 Å². The van der Waals surface area contributed by atoms with Gasteiger partial charge < -0.3 is 10.3 Å². The molecule has 2 N–H and O–H groups in total. The van der Waals surface area contributed by atoms with Gasteiger partial charge in [0.15, 0.2) is 0 Å². The van der Waals surface area contributed by atoms with Crippen molar-refractivity contribution in [2.24, 2.45) is 5.92 Å². The van der Waals surface area contributed by atoms with E-state index in [1.54, 1.807) is 6.07 Å². The minimum atomic E-state index is -4.47. The number of H-pyrrole nitrogens is 1. The van der Waals surface area contributed by atoms with Gasteiger partial charge in [0.05, 0.1) is 16.6 Å². The SMILES string of the molecule is O=c1[nH]c2c(C(F)(F)F)cccc2n1CC1CCCNC1. The molecule has 1 fully saturated rings. The predicted octanol–water partition coefficient (Wildman–Crippen LogP) is 2.35. The third kappa shape index (κ3) is 2.70. The van der Waals surface area contributed by atoms with Crippen molar-refractivity contribution < 1.29 is 13.2 Å². The number of piperidine rings is 1. The normalized spacial score (nSPS) is 20.0. The van der Waals surface area contributed by atoms with Gasteiger partial charge in [-0.3, -0.25) is 4.57 Å². The monoisotopic (exact) mass is 299 g/mol. The average Bonchev–Trinajstić information content (AvgIpc) is 2.75. The summed E-state index contributed by atoms with van der Waals surface area (Å²) < 4.78 is 40.3. The highest BCUT2D eigenvalue weighted by atomic mass is 19.4. The number of alkyl halides is 3. The van der Waals surface area contributed by atoms with Crippen molar-refractivity contribution in [3.05, 3.63) is 34.2 Å². The van der Waals surface area contributed by atoms with E-state index >= 15 is 0 Å². The topological polar surface area (TPSA) is 49.8 Å². The van der Waals surface area contributed by atoms with Crippen LogP contribution in [0.1, 0.15) is 18.4 Å². The number of nitrogens with zero attached hydrogens (tertiary/aromatic N) is 1. The molecule has 114 valence electrons. The van der Waals surface area contributed by atoms with Crippen molar-refractivity contribution in [2.75, 3.05) is 13.1 Å². The molecule has 3 rings (SSSR count). The van der Waals surface area contributed by atoms with E-state index in [0.29, 0.717) is 12.1 Å². The minimum Gasteiger partial charge on any atom is -0.316 e. The molecule has 2 heterocycles. The number of fused-ring (bicyclic) bond motifs is 1. The van der Waals surface area contributed by atoms with Crippen LogP contribution in [0.3, 0.4) is 0 Å². The highest BCUT2D eigenvalue weighted by molar-refractivity contribution is 5.79. The zero-order valence-corrected chi connectivity index (χ0v) is 11.3. The van der Waals surface area contributed by atoms with Gasteiger partial charge in [-0.15, -0.1) is 0 Å². The van der Waals surface area contributed by atoms with Crippen molar-refractivity contribution in [3.8, 4) is 0 Å². The van der Waals surface area contributed by atoms with Crippen molar-refractivity contribution in [1.29, 1.82) is 0 Å². The van der Waals surface area contributed by atoms with E-state index in [1.807, 2.05) is 0 Å². The summed E-state index contributed by atoms with van der Waals surface area (Å²) >= 11 is 0. The van der Waals surface area contributed by atoms with E-state index in [4.69, 9.17) is 0 Å². The number of rotatable bonds is 2. The standard InChI is InChI=1S/C14H16F3N3O/c15-14(16,17)10-4-1-5-11-12(10)19-13(21)20(11)8-9-3-2-6-18-7-9/h1,4-5,9,18H,2-3,6-8H2,(H,19,21). The molecule has 2 aromatic rings. The van der Waals surface area contributed by atoms with Crippen LogP contribution >= 0.6 is 0 Å². The predicted molar refractivity (Wildman–Crippen MR) is 73.2 cm³/mol. The molecular formula is C14H16F3N3O. The molecule has 0 radical (unpaired) electrons. The second kappa shape index (κ2) is 5.22. The van der Waals surface area contributed by atoms with Crippen molar-refractivity contribution in [1.82, 2.24) is 14.9 Å². The second-order valence-electron chi connectivity index (χ2n) is 5.45. The van der Waals surface area contributed by atoms with Gasteiger partial charge in [-0.25, -0.2) is 4.79 Å². The summed E-state index contributed by atoms with van der Waals surface area (Å²) in [7, 11) is 0. The Hall–Kier alpha value is -1.76. The van der Waals surface area contributed by atoms with Gasteiger partial charge in [0, 0.05) is 6.54 Å². The maximum atomic E-state index is 13.0. The molecule has 1 aliphatic rings. The van der Waals surface area contributed by atoms with Gasteiger partial charge >= 0.3 is 11.9 Å². The van der Waals surface area contributed by atoms with Gasteiger partial charge in [0.1, 0.15) is 0 Å². The van der Waals surface area contributed by atoms with Crippen molar-refractivity contribution in [2.45, 2.75) is 25.6 Å². The number of halogens is 3. The van der Waals surface area contributed by atoms with Gasteiger partial charge in [-0.1, -0.05) is 6.07 Å². The summed E-state index contributed by atoms with van der Waals surface area (Å²) in [5.41, 5.74) is -1.08. The molecule has 0 spiro atoms. The van der Waals surface area contributed by atoms with Crippen LogP contribution in [0.15, 0.2) is 23.0 Å². The molecule has 1 unspecified atom stereocenters. The molecule has 1 aromatic heterocycles. The Morgan fingerprint density at radius 1 is 1.33 bits per heavy atom. The second-order valence-corrected chi connectivity index (χ2v) is 5.45. The fourth-order valence-electron chi connectivity index (χ4n) is 2.94. The Labute approximate surface area is 119 Å². The average molecular weight is 299 g/mol. The van der Waals surface area contributed by atoms with Crippen molar-refractivity contribution in [3.63, 3.8) is 0 Å². The maximum absolute atomic E-state index is 13.0. The quantitative estimate of drug-likeness (QED) is 0.894. The van der Waals surface area contributed by atoms with E-state index in [2.05, 4.69) is 10.3 Å². The number of nitrogens with one attached hydrogen (secondary N) is 2. The zero-order valence-electron chi connectivity index (χ0n) is 11.3. The van der Waals surface area contributed by atoms with Gasteiger partial charge in [-0.05, 0) is 44.0 Å². The Morgan fingerprint density at radius 2 is 2.14 bits per heavy atom. The lowest BCUT2D eigenvalue weighted by Crippen LogP contribution is -2.34. The molecular weight excluding hydrogens is 283 g/mol. The summed E-state index contributed by atoms with van der Waals surface area (Å²) in [6.45, 7) is 2.18. The Bertz CT molecular complexity index is 696. The number of aromatic nitrogens is 2. The largest absolute Gasteiger partial charge is 0.418 e. The summed E-state index contributed by atoms with van der Waals surface area (Å²) in [6, 6.07) is 3.89. The highest BCUT2D eigenvalue weighted by Crippen LogP contribution is 2.33. The third-order valence-electron chi connectivity index (χ3n) is 3.96. The molecule has 1 aliphatic heterocycles. The molecule has 0 aliphatic carbocycles. The number of hydrogen-bond acceptors (Lipinski definition) is 2. The summed E-state index contributed by atoms with van der Waals surface area (Å²) in [5.74, 6) is 0.269. The number of benzene rings is 1. The third-order valence-corrected chi connectivity index (χ3v) is 3.96.